The van der Waals surface area contributed by atoms with Crippen molar-refractivity contribution < 1.29 is 14.3 Å². The molecule has 0 aromatic heterocycles. The molecule has 0 saturated carbocycles. The number of methoxy groups -OCH3 is 1. The lowest BCUT2D eigenvalue weighted by Crippen LogP contribution is -2.10. The monoisotopic (exact) mass is 467 g/mol. The van der Waals surface area contributed by atoms with E-state index in [0.717, 1.165) is 42.6 Å². The van der Waals surface area contributed by atoms with Crippen molar-refractivity contribution in [2.75, 3.05) is 13.7 Å². The molecule has 0 N–H and O–H groups in total. The van der Waals surface area contributed by atoms with Gasteiger partial charge in [0, 0.05) is 5.56 Å². The number of unbranched alkanes of at least 4 members (excludes halogenated alkanes) is 2. The molecule has 0 bridgehead atoms. The van der Waals surface area contributed by atoms with Crippen LogP contribution in [0.25, 0.3) is 6.08 Å². The fraction of sp³-hybridized carbons (Fsp3) is 0.290. The summed E-state index contributed by atoms with van der Waals surface area (Å²) in [5, 5.41) is 9.18. The molecule has 0 heterocycles. The van der Waals surface area contributed by atoms with E-state index < -0.39 is 0 Å². The molecule has 1 atom stereocenters. The molecule has 4 heteroatoms. The van der Waals surface area contributed by atoms with E-state index in [2.05, 4.69) is 30.3 Å². The molecular formula is C31H33NO3. The number of carbonyl (C=O) groups excluding carboxylic acids is 1. The summed E-state index contributed by atoms with van der Waals surface area (Å²) in [7, 11) is 1.41. The zero-order valence-electron chi connectivity index (χ0n) is 20.4. The van der Waals surface area contributed by atoms with Crippen molar-refractivity contribution in [2.45, 2.75) is 38.5 Å². The van der Waals surface area contributed by atoms with Crippen LogP contribution in [0, 0.1) is 17.2 Å². The third kappa shape index (κ3) is 9.14. The van der Waals surface area contributed by atoms with Gasteiger partial charge in [-0.05, 0) is 67.3 Å². The van der Waals surface area contributed by atoms with E-state index in [1.807, 2.05) is 60.7 Å². The number of nitriles is 1. The highest BCUT2D eigenvalue weighted by atomic mass is 16.5. The molecule has 0 aliphatic rings. The van der Waals surface area contributed by atoms with Crippen LogP contribution < -0.4 is 4.74 Å². The van der Waals surface area contributed by atoms with E-state index in [4.69, 9.17) is 9.47 Å². The zero-order valence-corrected chi connectivity index (χ0v) is 20.4. The van der Waals surface area contributed by atoms with Crippen LogP contribution in [0.2, 0.25) is 0 Å². The van der Waals surface area contributed by atoms with Crippen molar-refractivity contribution in [3.8, 4) is 11.8 Å². The van der Waals surface area contributed by atoms with Gasteiger partial charge in [-0.2, -0.15) is 5.26 Å². The van der Waals surface area contributed by atoms with E-state index in [1.165, 1.54) is 12.7 Å². The predicted molar refractivity (Wildman–Crippen MR) is 140 cm³/mol. The first-order valence-corrected chi connectivity index (χ1v) is 12.2. The Morgan fingerprint density at radius 1 is 0.943 bits per heavy atom. The molecule has 0 saturated heterocycles. The molecule has 0 radical (unpaired) electrons. The maximum absolute atomic E-state index is 12.0. The standard InChI is InChI=1S/C31H33NO3/c1-34-31(33)23-27(21-26-14-10-15-28(22-26)24-32)18-19-29-16-7-8-17-30(29)35-20-9-3-6-13-25-11-4-2-5-12-25/h2,4-5,7-8,10-12,14-19,22,27H,3,6,9,13,20-21,23H2,1H3. The Balaban J connectivity index is 1.57. The average Bonchev–Trinajstić information content (AvgIpc) is 2.90. The molecule has 0 aliphatic heterocycles. The van der Waals surface area contributed by atoms with E-state index in [9.17, 15) is 10.1 Å². The third-order valence-corrected chi connectivity index (χ3v) is 5.89. The Labute approximate surface area is 208 Å². The Hall–Kier alpha value is -3.84. The molecule has 4 nitrogen and oxygen atoms in total. The van der Waals surface area contributed by atoms with Crippen LogP contribution in [0.1, 0.15) is 47.9 Å². The first-order chi connectivity index (χ1) is 17.2. The highest BCUT2D eigenvalue weighted by molar-refractivity contribution is 5.70. The number of esters is 1. The predicted octanol–water partition coefficient (Wildman–Crippen LogP) is 6.79. The minimum Gasteiger partial charge on any atom is -0.493 e. The van der Waals surface area contributed by atoms with Crippen molar-refractivity contribution in [3.05, 3.63) is 107 Å². The van der Waals surface area contributed by atoms with Crippen LogP contribution in [0.4, 0.5) is 0 Å². The Kier molecular flexibility index (Phi) is 10.6. The van der Waals surface area contributed by atoms with Gasteiger partial charge in [0.2, 0.25) is 0 Å². The molecule has 35 heavy (non-hydrogen) atoms. The minimum absolute atomic E-state index is 0.0533. The number of aryl methyl sites for hydroxylation is 1. The highest BCUT2D eigenvalue weighted by Crippen LogP contribution is 2.23. The second-order valence-electron chi connectivity index (χ2n) is 8.60. The molecule has 3 aromatic carbocycles. The van der Waals surface area contributed by atoms with Gasteiger partial charge in [0.05, 0.1) is 31.8 Å². The molecule has 180 valence electrons. The summed E-state index contributed by atoms with van der Waals surface area (Å²) in [6.45, 7) is 0.673. The van der Waals surface area contributed by atoms with Crippen molar-refractivity contribution in [2.24, 2.45) is 5.92 Å². The van der Waals surface area contributed by atoms with E-state index in [1.54, 1.807) is 6.07 Å². The van der Waals surface area contributed by atoms with Crippen LogP contribution in [0.15, 0.2) is 84.9 Å². The molecule has 0 fully saturated rings. The third-order valence-electron chi connectivity index (χ3n) is 5.89. The smallest absolute Gasteiger partial charge is 0.306 e. The Bertz CT molecular complexity index is 1130. The number of allylic oxidation sites excluding steroid dienone is 1. The van der Waals surface area contributed by atoms with Gasteiger partial charge in [-0.25, -0.2) is 0 Å². The number of ether oxygens (including phenoxy) is 2. The van der Waals surface area contributed by atoms with Crippen molar-refractivity contribution in [1.82, 2.24) is 0 Å². The van der Waals surface area contributed by atoms with Crippen LogP contribution >= 0.6 is 0 Å². The van der Waals surface area contributed by atoms with Crippen molar-refractivity contribution in [3.63, 3.8) is 0 Å². The van der Waals surface area contributed by atoms with E-state index in [-0.39, 0.29) is 18.3 Å². The summed E-state index contributed by atoms with van der Waals surface area (Å²) >= 11 is 0. The first-order valence-electron chi connectivity index (χ1n) is 12.2. The van der Waals surface area contributed by atoms with E-state index >= 15 is 0 Å². The summed E-state index contributed by atoms with van der Waals surface area (Å²) in [5.41, 5.74) is 4.00. The molecule has 0 aliphatic carbocycles. The van der Waals surface area contributed by atoms with Gasteiger partial charge in [0.25, 0.3) is 0 Å². The van der Waals surface area contributed by atoms with Gasteiger partial charge >= 0.3 is 5.97 Å². The van der Waals surface area contributed by atoms with Gasteiger partial charge in [-0.3, -0.25) is 4.79 Å². The molecule has 3 aromatic rings. The minimum atomic E-state index is -0.254. The number of nitrogens with zero attached hydrogens (tertiary/aromatic N) is 1. The molecule has 3 rings (SSSR count). The quantitative estimate of drug-likeness (QED) is 0.205. The van der Waals surface area contributed by atoms with Gasteiger partial charge < -0.3 is 9.47 Å². The summed E-state index contributed by atoms with van der Waals surface area (Å²) in [6, 6.07) is 28.2. The fourth-order valence-corrected chi connectivity index (χ4v) is 4.00. The number of hydrogen-bond acceptors (Lipinski definition) is 4. The van der Waals surface area contributed by atoms with Crippen molar-refractivity contribution in [1.29, 1.82) is 5.26 Å². The molecule has 1 unspecified atom stereocenters. The second-order valence-corrected chi connectivity index (χ2v) is 8.60. The molecule has 0 amide bonds. The molecule has 0 spiro atoms. The summed E-state index contributed by atoms with van der Waals surface area (Å²) in [5.74, 6) is 0.536. The topological polar surface area (TPSA) is 59.3 Å². The van der Waals surface area contributed by atoms with Crippen molar-refractivity contribution >= 4 is 12.0 Å². The summed E-state index contributed by atoms with van der Waals surface area (Å²) < 4.78 is 11.0. The van der Waals surface area contributed by atoms with Crippen LogP contribution in [0.3, 0.4) is 0 Å². The zero-order chi connectivity index (χ0) is 24.7. The number of hydrogen-bond donors (Lipinski definition) is 0. The largest absolute Gasteiger partial charge is 0.493 e. The average molecular weight is 468 g/mol. The van der Waals surface area contributed by atoms with Crippen LogP contribution in [-0.2, 0) is 22.4 Å². The van der Waals surface area contributed by atoms with Crippen LogP contribution in [0.5, 0.6) is 5.75 Å². The Morgan fingerprint density at radius 2 is 1.71 bits per heavy atom. The van der Waals surface area contributed by atoms with Gasteiger partial charge in [-0.1, -0.05) is 72.8 Å². The van der Waals surface area contributed by atoms with Crippen LogP contribution in [-0.4, -0.2) is 19.7 Å². The van der Waals surface area contributed by atoms with Gasteiger partial charge in [0.15, 0.2) is 0 Å². The number of benzene rings is 3. The highest BCUT2D eigenvalue weighted by Gasteiger charge is 2.13. The lowest BCUT2D eigenvalue weighted by atomic mass is 9.94. The summed E-state index contributed by atoms with van der Waals surface area (Å²) in [4.78, 5) is 12.0. The van der Waals surface area contributed by atoms with E-state index in [0.29, 0.717) is 18.6 Å². The molecular weight excluding hydrogens is 434 g/mol. The number of carbonyl (C=O) groups is 1. The second kappa shape index (κ2) is 14.4. The maximum atomic E-state index is 12.0. The Morgan fingerprint density at radius 3 is 2.51 bits per heavy atom. The lowest BCUT2D eigenvalue weighted by Gasteiger charge is -2.13. The maximum Gasteiger partial charge on any atom is 0.306 e. The SMILES string of the molecule is COC(=O)CC(C=Cc1ccccc1OCCCCCc1ccccc1)Cc1cccc(C#N)c1. The fourth-order valence-electron chi connectivity index (χ4n) is 4.00. The normalized spacial score (nSPS) is 11.7. The van der Waals surface area contributed by atoms with Gasteiger partial charge in [-0.15, -0.1) is 0 Å². The lowest BCUT2D eigenvalue weighted by molar-refractivity contribution is -0.141. The number of para-hydroxylation sites is 1. The first kappa shape index (κ1) is 25.8. The van der Waals surface area contributed by atoms with Gasteiger partial charge in [0.1, 0.15) is 5.75 Å². The summed E-state index contributed by atoms with van der Waals surface area (Å²) in [6.07, 6.45) is 9.35. The number of rotatable bonds is 13.